The molecule has 1 unspecified atom stereocenters. The molecule has 1 aliphatic carbocycles. The second kappa shape index (κ2) is 5.06. The summed E-state index contributed by atoms with van der Waals surface area (Å²) in [7, 11) is 0. The van der Waals surface area contributed by atoms with Gasteiger partial charge in [-0.25, -0.2) is 4.98 Å². The van der Waals surface area contributed by atoms with Gasteiger partial charge in [-0.05, 0) is 12.8 Å². The van der Waals surface area contributed by atoms with Crippen molar-refractivity contribution in [3.05, 3.63) is 18.2 Å². The standard InChI is InChI=1S/C11H16N4O.ClH/c16-11-5-8(7-15(11)9-1-2-9)14-6-10-12-3-4-13-10;/h3-4,8-9,14H,1-2,5-7H2,(H,12,13);1H. The highest BCUT2D eigenvalue weighted by Crippen LogP contribution is 2.30. The second-order valence-electron chi connectivity index (χ2n) is 4.60. The molecule has 3 rings (SSSR count). The van der Waals surface area contributed by atoms with Crippen LogP contribution in [0.1, 0.15) is 25.1 Å². The van der Waals surface area contributed by atoms with Gasteiger partial charge in [-0.3, -0.25) is 4.79 Å². The molecule has 17 heavy (non-hydrogen) atoms. The van der Waals surface area contributed by atoms with Gasteiger partial charge in [0, 0.05) is 37.4 Å². The molecule has 2 fully saturated rings. The zero-order valence-electron chi connectivity index (χ0n) is 9.56. The summed E-state index contributed by atoms with van der Waals surface area (Å²) in [6.07, 6.45) is 6.57. The van der Waals surface area contributed by atoms with Crippen LogP contribution in [0.3, 0.4) is 0 Å². The van der Waals surface area contributed by atoms with E-state index < -0.39 is 0 Å². The molecule has 1 amide bonds. The van der Waals surface area contributed by atoms with Crippen LogP contribution >= 0.6 is 12.4 Å². The summed E-state index contributed by atoms with van der Waals surface area (Å²) in [5.41, 5.74) is 0. The van der Waals surface area contributed by atoms with Gasteiger partial charge in [0.05, 0.1) is 6.54 Å². The molecule has 5 nitrogen and oxygen atoms in total. The number of hydrogen-bond donors (Lipinski definition) is 2. The number of rotatable bonds is 4. The van der Waals surface area contributed by atoms with Gasteiger partial charge in [-0.1, -0.05) is 0 Å². The normalized spacial score (nSPS) is 23.9. The number of imidazole rings is 1. The molecule has 1 aromatic rings. The van der Waals surface area contributed by atoms with Crippen LogP contribution in [0, 0.1) is 0 Å². The number of hydrogen-bond acceptors (Lipinski definition) is 3. The smallest absolute Gasteiger partial charge is 0.224 e. The number of aromatic nitrogens is 2. The summed E-state index contributed by atoms with van der Waals surface area (Å²) in [6, 6.07) is 0.834. The van der Waals surface area contributed by atoms with E-state index in [1.807, 2.05) is 11.1 Å². The lowest BCUT2D eigenvalue weighted by molar-refractivity contribution is -0.128. The summed E-state index contributed by atoms with van der Waals surface area (Å²) in [6.45, 7) is 1.58. The number of amides is 1. The third-order valence-electron chi connectivity index (χ3n) is 3.26. The number of nitrogens with one attached hydrogen (secondary N) is 2. The third-order valence-corrected chi connectivity index (χ3v) is 3.26. The zero-order chi connectivity index (χ0) is 11.0. The summed E-state index contributed by atoms with van der Waals surface area (Å²) in [5.74, 6) is 1.23. The van der Waals surface area contributed by atoms with Gasteiger partial charge >= 0.3 is 0 Å². The van der Waals surface area contributed by atoms with E-state index in [2.05, 4.69) is 15.3 Å². The average Bonchev–Trinajstić information content (AvgIpc) is 2.85. The van der Waals surface area contributed by atoms with Gasteiger partial charge in [0.15, 0.2) is 0 Å². The SMILES string of the molecule is Cl.O=C1CC(NCc2ncc[nH]2)CN1C1CC1. The van der Waals surface area contributed by atoms with Crippen molar-refractivity contribution in [1.29, 1.82) is 0 Å². The first-order chi connectivity index (χ1) is 7.83. The first-order valence-electron chi connectivity index (χ1n) is 5.84. The fraction of sp³-hybridized carbons (Fsp3) is 0.636. The molecule has 0 bridgehead atoms. The quantitative estimate of drug-likeness (QED) is 0.833. The van der Waals surface area contributed by atoms with Crippen molar-refractivity contribution in [2.24, 2.45) is 0 Å². The summed E-state index contributed by atoms with van der Waals surface area (Å²) in [5, 5.41) is 3.37. The van der Waals surface area contributed by atoms with Crippen LogP contribution in [0.2, 0.25) is 0 Å². The van der Waals surface area contributed by atoms with Crippen LogP contribution in [0.5, 0.6) is 0 Å². The number of halogens is 1. The molecule has 1 aliphatic heterocycles. The average molecular weight is 257 g/mol. The molecule has 1 atom stereocenters. The first kappa shape index (κ1) is 12.4. The van der Waals surface area contributed by atoms with Crippen molar-refractivity contribution in [3.63, 3.8) is 0 Å². The van der Waals surface area contributed by atoms with Crippen molar-refractivity contribution in [2.75, 3.05) is 6.54 Å². The van der Waals surface area contributed by atoms with Gasteiger partial charge in [-0.15, -0.1) is 12.4 Å². The second-order valence-corrected chi connectivity index (χ2v) is 4.60. The highest BCUT2D eigenvalue weighted by molar-refractivity contribution is 5.85. The van der Waals surface area contributed by atoms with Crippen LogP contribution < -0.4 is 5.32 Å². The van der Waals surface area contributed by atoms with Gasteiger partial charge in [0.2, 0.25) is 5.91 Å². The molecule has 94 valence electrons. The Morgan fingerprint density at radius 1 is 1.53 bits per heavy atom. The molecule has 2 heterocycles. The Morgan fingerprint density at radius 2 is 2.35 bits per heavy atom. The van der Waals surface area contributed by atoms with Crippen LogP contribution in [0.4, 0.5) is 0 Å². The Morgan fingerprint density at radius 3 is 3.00 bits per heavy atom. The van der Waals surface area contributed by atoms with E-state index in [1.165, 1.54) is 12.8 Å². The number of aromatic amines is 1. The highest BCUT2D eigenvalue weighted by atomic mass is 35.5. The Kier molecular flexibility index (Phi) is 3.69. The van der Waals surface area contributed by atoms with Gasteiger partial charge < -0.3 is 15.2 Å². The van der Waals surface area contributed by atoms with Crippen LogP contribution in [0.25, 0.3) is 0 Å². The molecule has 1 saturated carbocycles. The molecule has 0 radical (unpaired) electrons. The van der Waals surface area contributed by atoms with E-state index in [1.54, 1.807) is 6.20 Å². The molecular formula is C11H17ClN4O. The zero-order valence-corrected chi connectivity index (χ0v) is 10.4. The fourth-order valence-electron chi connectivity index (χ4n) is 2.24. The van der Waals surface area contributed by atoms with E-state index >= 15 is 0 Å². The van der Waals surface area contributed by atoms with Crippen LogP contribution in [-0.4, -0.2) is 39.4 Å². The first-order valence-corrected chi connectivity index (χ1v) is 5.84. The van der Waals surface area contributed by atoms with E-state index in [0.29, 0.717) is 31.0 Å². The predicted octanol–water partition coefficient (Wildman–Crippen LogP) is 0.684. The lowest BCUT2D eigenvalue weighted by Gasteiger charge is -2.15. The van der Waals surface area contributed by atoms with Crippen molar-refractivity contribution in [3.8, 4) is 0 Å². The van der Waals surface area contributed by atoms with Crippen LogP contribution in [0.15, 0.2) is 12.4 Å². The largest absolute Gasteiger partial charge is 0.348 e. The maximum atomic E-state index is 11.7. The number of likely N-dealkylation sites (tertiary alicyclic amines) is 1. The van der Waals surface area contributed by atoms with Gasteiger partial charge in [0.25, 0.3) is 0 Å². The molecule has 1 aromatic heterocycles. The summed E-state index contributed by atoms with van der Waals surface area (Å²) >= 11 is 0. The molecule has 6 heteroatoms. The lowest BCUT2D eigenvalue weighted by Crippen LogP contribution is -2.33. The molecule has 0 aromatic carbocycles. The van der Waals surface area contributed by atoms with E-state index in [4.69, 9.17) is 0 Å². The molecule has 2 aliphatic rings. The Bertz CT molecular complexity index is 377. The summed E-state index contributed by atoms with van der Waals surface area (Å²) in [4.78, 5) is 20.9. The minimum Gasteiger partial charge on any atom is -0.348 e. The topological polar surface area (TPSA) is 61.0 Å². The Balaban J connectivity index is 0.00000108. The maximum absolute atomic E-state index is 11.7. The third kappa shape index (κ3) is 2.79. The molecule has 1 saturated heterocycles. The Hall–Kier alpha value is -1.07. The molecule has 0 spiro atoms. The maximum Gasteiger partial charge on any atom is 0.224 e. The monoisotopic (exact) mass is 256 g/mol. The van der Waals surface area contributed by atoms with Crippen molar-refractivity contribution >= 4 is 18.3 Å². The number of carbonyl (C=O) groups is 1. The minimum atomic E-state index is 0. The fourth-order valence-corrected chi connectivity index (χ4v) is 2.24. The lowest BCUT2D eigenvalue weighted by atomic mass is 10.2. The molecular weight excluding hydrogens is 240 g/mol. The predicted molar refractivity (Wildman–Crippen MR) is 65.8 cm³/mol. The number of H-pyrrole nitrogens is 1. The number of nitrogens with zero attached hydrogens (tertiary/aromatic N) is 2. The number of carbonyl (C=O) groups excluding carboxylic acids is 1. The van der Waals surface area contributed by atoms with Crippen LogP contribution in [-0.2, 0) is 11.3 Å². The Labute approximate surface area is 106 Å². The summed E-state index contributed by atoms with van der Waals surface area (Å²) < 4.78 is 0. The van der Waals surface area contributed by atoms with E-state index in [-0.39, 0.29) is 12.4 Å². The van der Waals surface area contributed by atoms with Crippen molar-refractivity contribution in [2.45, 2.75) is 37.9 Å². The highest BCUT2D eigenvalue weighted by Gasteiger charge is 2.38. The molecule has 2 N–H and O–H groups in total. The minimum absolute atomic E-state index is 0. The van der Waals surface area contributed by atoms with Gasteiger partial charge in [0.1, 0.15) is 5.82 Å². The van der Waals surface area contributed by atoms with Gasteiger partial charge in [-0.2, -0.15) is 0 Å². The van der Waals surface area contributed by atoms with E-state index in [0.717, 1.165) is 12.4 Å². The van der Waals surface area contributed by atoms with Crippen molar-refractivity contribution in [1.82, 2.24) is 20.2 Å². The van der Waals surface area contributed by atoms with E-state index in [9.17, 15) is 4.79 Å². The van der Waals surface area contributed by atoms with Crippen molar-refractivity contribution < 1.29 is 4.79 Å².